The van der Waals surface area contributed by atoms with Crippen LogP contribution in [0.15, 0.2) is 17.1 Å². The van der Waals surface area contributed by atoms with Crippen molar-refractivity contribution in [1.29, 1.82) is 0 Å². The van der Waals surface area contributed by atoms with E-state index in [1.807, 2.05) is 19.2 Å². The first-order valence-corrected chi connectivity index (χ1v) is 9.39. The maximum atomic E-state index is 5.44. The third-order valence-corrected chi connectivity index (χ3v) is 5.79. The molecule has 26 heavy (non-hydrogen) atoms. The van der Waals surface area contributed by atoms with Crippen LogP contribution in [0.1, 0.15) is 37.7 Å². The minimum atomic E-state index is 0.532. The van der Waals surface area contributed by atoms with Gasteiger partial charge in [0.2, 0.25) is 5.75 Å². The van der Waals surface area contributed by atoms with Crippen molar-refractivity contribution in [1.82, 2.24) is 10.2 Å². The van der Waals surface area contributed by atoms with Crippen LogP contribution >= 0.6 is 0 Å². The average Bonchev–Trinajstić information content (AvgIpc) is 3.31. The molecule has 1 saturated heterocycles. The van der Waals surface area contributed by atoms with Crippen LogP contribution < -0.4 is 19.5 Å². The number of nitrogens with one attached hydrogen (secondary N) is 1. The van der Waals surface area contributed by atoms with Crippen LogP contribution in [0.4, 0.5) is 0 Å². The van der Waals surface area contributed by atoms with E-state index in [0.29, 0.717) is 29.2 Å². The lowest BCUT2D eigenvalue weighted by atomic mass is 9.86. The number of aliphatic imine (C=N–C) groups is 1. The molecule has 3 rings (SSSR count). The van der Waals surface area contributed by atoms with Gasteiger partial charge in [0.15, 0.2) is 17.5 Å². The molecule has 6 nitrogen and oxygen atoms in total. The summed E-state index contributed by atoms with van der Waals surface area (Å²) in [5.41, 5.74) is 1.60. The lowest BCUT2D eigenvalue weighted by Gasteiger charge is -2.26. The lowest BCUT2D eigenvalue weighted by molar-refractivity contribution is 0.309. The first kappa shape index (κ1) is 18.7. The number of nitrogens with zero attached hydrogens (tertiary/aromatic N) is 2. The molecule has 0 bridgehead atoms. The van der Waals surface area contributed by atoms with Crippen LogP contribution in [0, 0.1) is 5.41 Å². The molecular formula is C20H31N3O3. The molecule has 2 fully saturated rings. The van der Waals surface area contributed by atoms with Crippen molar-refractivity contribution >= 4 is 5.96 Å². The van der Waals surface area contributed by atoms with Gasteiger partial charge in [-0.1, -0.05) is 12.8 Å². The van der Waals surface area contributed by atoms with Gasteiger partial charge in [0.05, 0.1) is 21.3 Å². The molecule has 1 aliphatic carbocycles. The summed E-state index contributed by atoms with van der Waals surface area (Å²) in [5, 5.41) is 3.50. The second-order valence-corrected chi connectivity index (χ2v) is 7.31. The van der Waals surface area contributed by atoms with Crippen molar-refractivity contribution < 1.29 is 14.2 Å². The number of guanidine groups is 1. The van der Waals surface area contributed by atoms with Crippen LogP contribution in [0.2, 0.25) is 0 Å². The summed E-state index contributed by atoms with van der Waals surface area (Å²) < 4.78 is 16.3. The first-order valence-electron chi connectivity index (χ1n) is 9.39. The van der Waals surface area contributed by atoms with E-state index < -0.39 is 0 Å². The normalized spacial score (nSPS) is 19.1. The maximum absolute atomic E-state index is 5.44. The minimum Gasteiger partial charge on any atom is -0.493 e. The fourth-order valence-corrected chi connectivity index (χ4v) is 4.40. The van der Waals surface area contributed by atoms with Gasteiger partial charge >= 0.3 is 0 Å². The highest BCUT2D eigenvalue weighted by molar-refractivity contribution is 5.80. The van der Waals surface area contributed by atoms with Gasteiger partial charge in [0, 0.05) is 26.7 Å². The molecule has 1 saturated carbocycles. The number of ether oxygens (including phenoxy) is 3. The van der Waals surface area contributed by atoms with Crippen molar-refractivity contribution in [2.24, 2.45) is 10.4 Å². The van der Waals surface area contributed by atoms with E-state index in [9.17, 15) is 0 Å². The molecule has 0 aromatic heterocycles. The van der Waals surface area contributed by atoms with Crippen LogP contribution in [0.5, 0.6) is 17.2 Å². The van der Waals surface area contributed by atoms with Crippen molar-refractivity contribution in [3.05, 3.63) is 17.7 Å². The predicted molar refractivity (Wildman–Crippen MR) is 103 cm³/mol. The Kier molecular flexibility index (Phi) is 5.79. The molecule has 144 valence electrons. The van der Waals surface area contributed by atoms with E-state index in [4.69, 9.17) is 14.2 Å². The third kappa shape index (κ3) is 3.69. The van der Waals surface area contributed by atoms with Crippen molar-refractivity contribution in [2.75, 3.05) is 41.5 Å². The number of methoxy groups -OCH3 is 3. The minimum absolute atomic E-state index is 0.532. The van der Waals surface area contributed by atoms with E-state index in [-0.39, 0.29) is 0 Å². The number of hydrogen-bond donors (Lipinski definition) is 1. The van der Waals surface area contributed by atoms with Gasteiger partial charge in [-0.2, -0.15) is 0 Å². The third-order valence-electron chi connectivity index (χ3n) is 5.79. The molecule has 1 spiro atoms. The Morgan fingerprint density at radius 3 is 2.27 bits per heavy atom. The number of rotatable bonds is 5. The van der Waals surface area contributed by atoms with Crippen LogP contribution in [-0.4, -0.2) is 52.3 Å². The predicted octanol–water partition coefficient (Wildman–Crippen LogP) is 3.05. The van der Waals surface area contributed by atoms with Gasteiger partial charge in [-0.05, 0) is 42.4 Å². The first-order chi connectivity index (χ1) is 12.6. The van der Waals surface area contributed by atoms with E-state index in [1.54, 1.807) is 21.3 Å². The summed E-state index contributed by atoms with van der Waals surface area (Å²) >= 11 is 0. The molecular weight excluding hydrogens is 330 g/mol. The Morgan fingerprint density at radius 2 is 1.73 bits per heavy atom. The highest BCUT2D eigenvalue weighted by Gasteiger charge is 2.41. The topological polar surface area (TPSA) is 55.3 Å². The van der Waals surface area contributed by atoms with Crippen molar-refractivity contribution in [3.63, 3.8) is 0 Å². The monoisotopic (exact) mass is 361 g/mol. The SMILES string of the molecule is CN=C(NCc1cc(OC)c(OC)c(OC)c1)N1CCC2(CCCC2)C1. The van der Waals surface area contributed by atoms with E-state index in [1.165, 1.54) is 32.1 Å². The molecule has 2 aliphatic rings. The number of benzene rings is 1. The van der Waals surface area contributed by atoms with Gasteiger partial charge in [-0.3, -0.25) is 4.99 Å². The van der Waals surface area contributed by atoms with E-state index in [2.05, 4.69) is 15.2 Å². The summed E-state index contributed by atoms with van der Waals surface area (Å²) in [5.74, 6) is 2.93. The van der Waals surface area contributed by atoms with E-state index >= 15 is 0 Å². The summed E-state index contributed by atoms with van der Waals surface area (Å²) in [7, 11) is 6.75. The average molecular weight is 361 g/mol. The van der Waals surface area contributed by atoms with Gasteiger partial charge in [0.25, 0.3) is 0 Å². The van der Waals surface area contributed by atoms with Crippen LogP contribution in [-0.2, 0) is 6.54 Å². The number of likely N-dealkylation sites (tertiary alicyclic amines) is 1. The summed E-state index contributed by atoms with van der Waals surface area (Å²) in [6.45, 7) is 2.88. The van der Waals surface area contributed by atoms with E-state index in [0.717, 1.165) is 24.6 Å². The highest BCUT2D eigenvalue weighted by Crippen LogP contribution is 2.45. The van der Waals surface area contributed by atoms with Gasteiger partial charge in [0.1, 0.15) is 0 Å². The molecule has 1 N–H and O–H groups in total. The van der Waals surface area contributed by atoms with Gasteiger partial charge in [-0.15, -0.1) is 0 Å². The fourth-order valence-electron chi connectivity index (χ4n) is 4.40. The molecule has 0 atom stereocenters. The zero-order valence-corrected chi connectivity index (χ0v) is 16.4. The summed E-state index contributed by atoms with van der Waals surface area (Å²) in [4.78, 5) is 6.91. The lowest BCUT2D eigenvalue weighted by Crippen LogP contribution is -2.40. The molecule has 0 amide bonds. The smallest absolute Gasteiger partial charge is 0.203 e. The zero-order chi connectivity index (χ0) is 18.6. The summed E-state index contributed by atoms with van der Waals surface area (Å²) in [6.07, 6.45) is 6.79. The molecule has 0 radical (unpaired) electrons. The second-order valence-electron chi connectivity index (χ2n) is 7.31. The standard InChI is InChI=1S/C20H31N3O3/c1-21-19(23-10-9-20(14-23)7-5-6-8-20)22-13-15-11-16(24-2)18(26-4)17(12-15)25-3/h11-12H,5-10,13-14H2,1-4H3,(H,21,22). The Hall–Kier alpha value is -2.11. The second kappa shape index (κ2) is 8.06. The molecule has 1 aromatic carbocycles. The quantitative estimate of drug-likeness (QED) is 0.645. The molecule has 1 aromatic rings. The van der Waals surface area contributed by atoms with Crippen molar-refractivity contribution in [2.45, 2.75) is 38.6 Å². The van der Waals surface area contributed by atoms with Gasteiger partial charge < -0.3 is 24.4 Å². The van der Waals surface area contributed by atoms with Crippen LogP contribution in [0.25, 0.3) is 0 Å². The van der Waals surface area contributed by atoms with Crippen LogP contribution in [0.3, 0.4) is 0 Å². The molecule has 1 heterocycles. The largest absolute Gasteiger partial charge is 0.493 e. The Bertz CT molecular complexity index is 629. The number of hydrogen-bond acceptors (Lipinski definition) is 4. The summed E-state index contributed by atoms with van der Waals surface area (Å²) in [6, 6.07) is 3.95. The Labute approximate surface area is 156 Å². The Balaban J connectivity index is 1.67. The fraction of sp³-hybridized carbons (Fsp3) is 0.650. The maximum Gasteiger partial charge on any atom is 0.203 e. The molecule has 0 unspecified atom stereocenters. The molecule has 6 heteroatoms. The Morgan fingerprint density at radius 1 is 1.08 bits per heavy atom. The molecule has 1 aliphatic heterocycles. The highest BCUT2D eigenvalue weighted by atomic mass is 16.5. The van der Waals surface area contributed by atoms with Gasteiger partial charge in [-0.25, -0.2) is 0 Å². The zero-order valence-electron chi connectivity index (χ0n) is 16.4. The van der Waals surface area contributed by atoms with Crippen molar-refractivity contribution in [3.8, 4) is 17.2 Å².